The molecule has 1 heterocycles. The summed E-state index contributed by atoms with van der Waals surface area (Å²) in [5.41, 5.74) is 1.34. The predicted molar refractivity (Wildman–Crippen MR) is 80.2 cm³/mol. The van der Waals surface area contributed by atoms with Gasteiger partial charge in [-0.25, -0.2) is 0 Å². The summed E-state index contributed by atoms with van der Waals surface area (Å²) in [4.78, 5) is 26.9. The fourth-order valence-corrected chi connectivity index (χ4v) is 2.12. The molecule has 1 aromatic heterocycles. The molecule has 1 aromatic carbocycles. The first-order valence-corrected chi connectivity index (χ1v) is 6.78. The van der Waals surface area contributed by atoms with Gasteiger partial charge in [-0.1, -0.05) is 30.3 Å². The molecule has 1 amide bonds. The van der Waals surface area contributed by atoms with Crippen LogP contribution < -0.4 is 10.7 Å². The standard InChI is InChI=1S/C16H18N2O3/c1-11-9-15(20)13(10-17-11)16(21)18-14(7-8-19)12-5-3-2-4-6-12/h2-6,9-10,14,19H,7-8H2,1H3,(H,17,20)(H,18,21)/t14-/m1/s1. The lowest BCUT2D eigenvalue weighted by Gasteiger charge is -2.18. The van der Waals surface area contributed by atoms with E-state index < -0.39 is 5.91 Å². The molecule has 0 bridgehead atoms. The number of rotatable bonds is 5. The number of aromatic nitrogens is 1. The van der Waals surface area contributed by atoms with Crippen molar-refractivity contribution in [2.24, 2.45) is 0 Å². The number of hydrogen-bond donors (Lipinski definition) is 3. The summed E-state index contributed by atoms with van der Waals surface area (Å²) in [6, 6.07) is 10.4. The van der Waals surface area contributed by atoms with Crippen molar-refractivity contribution in [1.82, 2.24) is 10.3 Å². The van der Waals surface area contributed by atoms with Crippen LogP contribution in [0.4, 0.5) is 0 Å². The van der Waals surface area contributed by atoms with Crippen LogP contribution in [0.2, 0.25) is 0 Å². The smallest absolute Gasteiger partial charge is 0.257 e. The fourth-order valence-electron chi connectivity index (χ4n) is 2.12. The van der Waals surface area contributed by atoms with Gasteiger partial charge in [-0.15, -0.1) is 0 Å². The maximum absolute atomic E-state index is 12.2. The molecule has 5 heteroatoms. The number of aromatic amines is 1. The summed E-state index contributed by atoms with van der Waals surface area (Å²) in [7, 11) is 0. The third kappa shape index (κ3) is 3.79. The van der Waals surface area contributed by atoms with Crippen LogP contribution >= 0.6 is 0 Å². The highest BCUT2D eigenvalue weighted by Gasteiger charge is 2.17. The van der Waals surface area contributed by atoms with Crippen molar-refractivity contribution in [2.45, 2.75) is 19.4 Å². The fraction of sp³-hybridized carbons (Fsp3) is 0.250. The monoisotopic (exact) mass is 286 g/mol. The van der Waals surface area contributed by atoms with Gasteiger partial charge in [0, 0.05) is 24.6 Å². The molecule has 0 saturated heterocycles. The summed E-state index contributed by atoms with van der Waals surface area (Å²) < 4.78 is 0. The zero-order valence-corrected chi connectivity index (χ0v) is 11.8. The van der Waals surface area contributed by atoms with Gasteiger partial charge in [0.15, 0.2) is 5.43 Å². The Hall–Kier alpha value is -2.40. The molecular weight excluding hydrogens is 268 g/mol. The molecule has 0 aliphatic heterocycles. The van der Waals surface area contributed by atoms with Gasteiger partial charge in [0.2, 0.25) is 0 Å². The minimum absolute atomic E-state index is 0.0515. The Morgan fingerprint density at radius 2 is 2.05 bits per heavy atom. The molecule has 1 atom stereocenters. The zero-order valence-electron chi connectivity index (χ0n) is 11.8. The van der Waals surface area contributed by atoms with Crippen molar-refractivity contribution in [3.05, 3.63) is 69.6 Å². The van der Waals surface area contributed by atoms with Gasteiger partial charge in [0.05, 0.1) is 6.04 Å². The van der Waals surface area contributed by atoms with Crippen molar-refractivity contribution in [3.8, 4) is 0 Å². The van der Waals surface area contributed by atoms with Crippen LogP contribution in [0, 0.1) is 6.92 Å². The van der Waals surface area contributed by atoms with E-state index in [0.717, 1.165) is 5.56 Å². The van der Waals surface area contributed by atoms with E-state index in [-0.39, 0.29) is 23.6 Å². The molecule has 2 aromatic rings. The lowest BCUT2D eigenvalue weighted by Crippen LogP contribution is -2.32. The van der Waals surface area contributed by atoms with Crippen LogP contribution in [0.3, 0.4) is 0 Å². The maximum Gasteiger partial charge on any atom is 0.257 e. The third-order valence-corrected chi connectivity index (χ3v) is 3.23. The number of pyridine rings is 1. The Morgan fingerprint density at radius 1 is 1.33 bits per heavy atom. The number of nitrogens with one attached hydrogen (secondary N) is 2. The van der Waals surface area contributed by atoms with E-state index in [2.05, 4.69) is 10.3 Å². The number of H-pyrrole nitrogens is 1. The van der Waals surface area contributed by atoms with Gasteiger partial charge in [-0.05, 0) is 18.9 Å². The number of amides is 1. The maximum atomic E-state index is 12.2. The topological polar surface area (TPSA) is 82.2 Å². The van der Waals surface area contributed by atoms with Gasteiger partial charge in [-0.3, -0.25) is 9.59 Å². The molecule has 0 spiro atoms. The first kappa shape index (κ1) is 15.0. The minimum atomic E-state index is -0.446. The highest BCUT2D eigenvalue weighted by Crippen LogP contribution is 2.16. The van der Waals surface area contributed by atoms with Crippen LogP contribution in [-0.2, 0) is 0 Å². The van der Waals surface area contributed by atoms with E-state index in [1.807, 2.05) is 30.3 Å². The molecule has 110 valence electrons. The van der Waals surface area contributed by atoms with E-state index in [4.69, 9.17) is 5.11 Å². The first-order chi connectivity index (χ1) is 10.1. The second kappa shape index (κ2) is 6.85. The number of hydrogen-bond acceptors (Lipinski definition) is 3. The van der Waals surface area contributed by atoms with Gasteiger partial charge in [0.25, 0.3) is 5.91 Å². The van der Waals surface area contributed by atoms with Crippen molar-refractivity contribution in [1.29, 1.82) is 0 Å². The Kier molecular flexibility index (Phi) is 4.90. The van der Waals surface area contributed by atoms with E-state index in [1.165, 1.54) is 12.3 Å². The lowest BCUT2D eigenvalue weighted by atomic mass is 10.0. The lowest BCUT2D eigenvalue weighted by molar-refractivity contribution is 0.0928. The van der Waals surface area contributed by atoms with Crippen LogP contribution in [0.15, 0.2) is 47.4 Å². The molecule has 0 saturated carbocycles. The minimum Gasteiger partial charge on any atom is -0.396 e. The first-order valence-electron chi connectivity index (χ1n) is 6.78. The second-order valence-corrected chi connectivity index (χ2v) is 4.84. The predicted octanol–water partition coefficient (Wildman–Crippen LogP) is 1.54. The average Bonchev–Trinajstić information content (AvgIpc) is 2.47. The highest BCUT2D eigenvalue weighted by molar-refractivity contribution is 5.94. The van der Waals surface area contributed by atoms with Gasteiger partial charge in [0.1, 0.15) is 5.56 Å². The summed E-state index contributed by atoms with van der Waals surface area (Å²) in [5.74, 6) is -0.446. The van der Waals surface area contributed by atoms with Crippen molar-refractivity contribution < 1.29 is 9.90 Å². The normalized spacial score (nSPS) is 11.9. The van der Waals surface area contributed by atoms with Crippen LogP contribution in [-0.4, -0.2) is 22.6 Å². The van der Waals surface area contributed by atoms with Crippen LogP contribution in [0.5, 0.6) is 0 Å². The van der Waals surface area contributed by atoms with Gasteiger partial charge >= 0.3 is 0 Å². The van der Waals surface area contributed by atoms with E-state index >= 15 is 0 Å². The zero-order chi connectivity index (χ0) is 15.2. The quantitative estimate of drug-likeness (QED) is 0.779. The van der Waals surface area contributed by atoms with Crippen LogP contribution in [0.25, 0.3) is 0 Å². The Labute approximate surface area is 122 Å². The Balaban J connectivity index is 2.21. The molecule has 21 heavy (non-hydrogen) atoms. The molecule has 0 fully saturated rings. The third-order valence-electron chi connectivity index (χ3n) is 3.23. The van der Waals surface area contributed by atoms with Crippen molar-refractivity contribution in [2.75, 3.05) is 6.61 Å². The van der Waals surface area contributed by atoms with Crippen LogP contribution in [0.1, 0.15) is 34.1 Å². The number of carbonyl (C=O) groups is 1. The van der Waals surface area contributed by atoms with Crippen molar-refractivity contribution >= 4 is 5.91 Å². The van der Waals surface area contributed by atoms with E-state index in [0.29, 0.717) is 12.1 Å². The molecule has 0 aliphatic rings. The number of aryl methyl sites for hydroxylation is 1. The highest BCUT2D eigenvalue weighted by atomic mass is 16.3. The molecule has 3 N–H and O–H groups in total. The Morgan fingerprint density at radius 3 is 2.67 bits per heavy atom. The summed E-state index contributed by atoms with van der Waals surface area (Å²) >= 11 is 0. The van der Waals surface area contributed by atoms with Gasteiger partial charge in [-0.2, -0.15) is 0 Å². The number of carbonyl (C=O) groups excluding carboxylic acids is 1. The summed E-state index contributed by atoms with van der Waals surface area (Å²) in [6.07, 6.45) is 1.80. The van der Waals surface area contributed by atoms with E-state index in [9.17, 15) is 9.59 Å². The molecule has 0 aliphatic carbocycles. The average molecular weight is 286 g/mol. The number of benzene rings is 1. The summed E-state index contributed by atoms with van der Waals surface area (Å²) in [5, 5.41) is 11.9. The van der Waals surface area contributed by atoms with Gasteiger partial charge < -0.3 is 15.4 Å². The Bertz CT molecular complexity index is 665. The molecular formula is C16H18N2O3. The number of aliphatic hydroxyl groups is 1. The largest absolute Gasteiger partial charge is 0.396 e. The van der Waals surface area contributed by atoms with E-state index in [1.54, 1.807) is 6.92 Å². The summed E-state index contributed by atoms with van der Waals surface area (Å²) in [6.45, 7) is 1.70. The molecule has 5 nitrogen and oxygen atoms in total. The molecule has 0 unspecified atom stereocenters. The SMILES string of the molecule is Cc1cc(=O)c(C(=O)N[C@H](CCO)c2ccccc2)c[nH]1. The molecule has 0 radical (unpaired) electrons. The molecule has 2 rings (SSSR count). The second-order valence-electron chi connectivity index (χ2n) is 4.84. The van der Waals surface area contributed by atoms with Crippen molar-refractivity contribution in [3.63, 3.8) is 0 Å². The number of aliphatic hydroxyl groups excluding tert-OH is 1.